The molecule has 0 atom stereocenters. The van der Waals surface area contributed by atoms with Gasteiger partial charge in [-0.05, 0) is 42.8 Å². The van der Waals surface area contributed by atoms with Gasteiger partial charge in [-0.3, -0.25) is 4.98 Å². The minimum atomic E-state index is -4.35. The zero-order valence-electron chi connectivity index (χ0n) is 10.8. The maximum Gasteiger partial charge on any atom is 0.416 e. The summed E-state index contributed by atoms with van der Waals surface area (Å²) in [4.78, 5) is 4.12. The van der Waals surface area contributed by atoms with E-state index in [1.165, 1.54) is 6.07 Å². The average Bonchev–Trinajstić information content (AvgIpc) is 2.41. The minimum Gasteiger partial charge on any atom is -0.355 e. The molecular weight excluding hydrogens is 265 g/mol. The third kappa shape index (κ3) is 3.17. The first-order valence-electron chi connectivity index (χ1n) is 5.93. The molecule has 0 saturated carbocycles. The Morgan fingerprint density at radius 2 is 2.00 bits per heavy atom. The Kier molecular flexibility index (Phi) is 3.79. The lowest BCUT2D eigenvalue weighted by Crippen LogP contribution is -2.05. The number of anilines is 2. The molecule has 0 saturated heterocycles. The van der Waals surface area contributed by atoms with Crippen LogP contribution in [0.15, 0.2) is 43.1 Å². The lowest BCUT2D eigenvalue weighted by molar-refractivity contribution is -0.137. The number of hydrogen-bond donors (Lipinski definition) is 1. The third-order valence-corrected chi connectivity index (χ3v) is 2.80. The number of aromatic nitrogens is 1. The molecule has 0 fully saturated rings. The van der Waals surface area contributed by atoms with Gasteiger partial charge in [0.2, 0.25) is 0 Å². The van der Waals surface area contributed by atoms with Crippen molar-refractivity contribution in [2.75, 3.05) is 5.32 Å². The van der Waals surface area contributed by atoms with Gasteiger partial charge in [0.25, 0.3) is 0 Å². The van der Waals surface area contributed by atoms with E-state index in [0.29, 0.717) is 17.1 Å². The number of halogens is 3. The first-order valence-corrected chi connectivity index (χ1v) is 5.93. The number of nitrogens with zero attached hydrogens (tertiary/aromatic N) is 1. The number of benzene rings is 1. The SMILES string of the molecule is C=Cc1cc(Nc2cccc(C(F)(F)F)c2)c(C)cn1. The van der Waals surface area contributed by atoms with Crippen LogP contribution in [0.25, 0.3) is 6.08 Å². The summed E-state index contributed by atoms with van der Waals surface area (Å²) >= 11 is 0. The molecule has 0 unspecified atom stereocenters. The largest absolute Gasteiger partial charge is 0.416 e. The lowest BCUT2D eigenvalue weighted by atomic mass is 10.1. The van der Waals surface area contributed by atoms with Crippen molar-refractivity contribution in [3.63, 3.8) is 0 Å². The molecule has 5 heteroatoms. The molecule has 20 heavy (non-hydrogen) atoms. The minimum absolute atomic E-state index is 0.379. The Morgan fingerprint density at radius 1 is 1.25 bits per heavy atom. The Bertz CT molecular complexity index is 633. The van der Waals surface area contributed by atoms with E-state index in [0.717, 1.165) is 17.7 Å². The second-order valence-electron chi connectivity index (χ2n) is 4.33. The van der Waals surface area contributed by atoms with Crippen LogP contribution in [0.1, 0.15) is 16.8 Å². The fourth-order valence-corrected chi connectivity index (χ4v) is 1.71. The van der Waals surface area contributed by atoms with Crippen molar-refractivity contribution in [3.05, 3.63) is 59.9 Å². The number of alkyl halides is 3. The predicted molar refractivity (Wildman–Crippen MR) is 73.8 cm³/mol. The molecule has 1 heterocycles. The summed E-state index contributed by atoms with van der Waals surface area (Å²) in [5.41, 5.74) is 1.90. The van der Waals surface area contributed by atoms with Gasteiger partial charge in [-0.2, -0.15) is 13.2 Å². The summed E-state index contributed by atoms with van der Waals surface area (Å²) in [6, 6.07) is 6.81. The molecule has 0 spiro atoms. The Balaban J connectivity index is 2.33. The van der Waals surface area contributed by atoms with E-state index in [2.05, 4.69) is 16.9 Å². The van der Waals surface area contributed by atoms with Gasteiger partial charge in [-0.15, -0.1) is 0 Å². The zero-order valence-corrected chi connectivity index (χ0v) is 10.8. The molecule has 0 aliphatic heterocycles. The Morgan fingerprint density at radius 3 is 2.65 bits per heavy atom. The second-order valence-corrected chi connectivity index (χ2v) is 4.33. The van der Waals surface area contributed by atoms with Gasteiger partial charge in [-0.1, -0.05) is 12.6 Å². The molecule has 1 aromatic heterocycles. The molecular formula is C15H13F3N2. The fourth-order valence-electron chi connectivity index (χ4n) is 1.71. The molecule has 0 radical (unpaired) electrons. The normalized spacial score (nSPS) is 11.2. The van der Waals surface area contributed by atoms with Gasteiger partial charge < -0.3 is 5.32 Å². The highest BCUT2D eigenvalue weighted by molar-refractivity contribution is 5.65. The van der Waals surface area contributed by atoms with Crippen LogP contribution in [0, 0.1) is 6.92 Å². The fraction of sp³-hybridized carbons (Fsp3) is 0.133. The van der Waals surface area contributed by atoms with Crippen LogP contribution in [-0.2, 0) is 6.18 Å². The maximum absolute atomic E-state index is 12.7. The summed E-state index contributed by atoms with van der Waals surface area (Å²) in [6.45, 7) is 5.45. The van der Waals surface area contributed by atoms with Gasteiger partial charge in [0, 0.05) is 17.6 Å². The van der Waals surface area contributed by atoms with E-state index in [9.17, 15) is 13.2 Å². The quantitative estimate of drug-likeness (QED) is 0.872. The van der Waals surface area contributed by atoms with Gasteiger partial charge in [0.1, 0.15) is 0 Å². The van der Waals surface area contributed by atoms with E-state index < -0.39 is 11.7 Å². The highest BCUT2D eigenvalue weighted by Crippen LogP contribution is 2.31. The molecule has 104 valence electrons. The number of nitrogens with one attached hydrogen (secondary N) is 1. The van der Waals surface area contributed by atoms with Crippen molar-refractivity contribution >= 4 is 17.5 Å². The standard InChI is InChI=1S/C15H13F3N2/c1-3-12-8-14(10(2)9-19-12)20-13-6-4-5-11(7-13)15(16,17)18/h3-9H,1H2,2H3,(H,19,20). The van der Waals surface area contributed by atoms with Gasteiger partial charge >= 0.3 is 6.18 Å². The summed E-state index contributed by atoms with van der Waals surface area (Å²) in [5, 5.41) is 2.97. The van der Waals surface area contributed by atoms with Crippen molar-refractivity contribution in [2.45, 2.75) is 13.1 Å². The van der Waals surface area contributed by atoms with Crippen LogP contribution in [0.4, 0.5) is 24.5 Å². The zero-order chi connectivity index (χ0) is 14.8. The molecule has 0 bridgehead atoms. The van der Waals surface area contributed by atoms with E-state index in [-0.39, 0.29) is 0 Å². The third-order valence-electron chi connectivity index (χ3n) is 2.80. The molecule has 0 aliphatic carbocycles. The molecule has 0 amide bonds. The molecule has 0 aliphatic rings. The van der Waals surface area contributed by atoms with Crippen LogP contribution < -0.4 is 5.32 Å². The molecule has 1 N–H and O–H groups in total. The van der Waals surface area contributed by atoms with Crippen LogP contribution in [-0.4, -0.2) is 4.98 Å². The van der Waals surface area contributed by atoms with Gasteiger partial charge in [0.05, 0.1) is 11.3 Å². The molecule has 2 aromatic rings. The lowest BCUT2D eigenvalue weighted by Gasteiger charge is -2.12. The van der Waals surface area contributed by atoms with Gasteiger partial charge in [-0.25, -0.2) is 0 Å². The summed E-state index contributed by atoms with van der Waals surface area (Å²) in [5.74, 6) is 0. The number of pyridine rings is 1. The summed E-state index contributed by atoms with van der Waals surface area (Å²) in [6.07, 6.45) is -1.12. The Hall–Kier alpha value is -2.30. The van der Waals surface area contributed by atoms with Crippen LogP contribution >= 0.6 is 0 Å². The molecule has 1 aromatic carbocycles. The maximum atomic E-state index is 12.7. The van der Waals surface area contributed by atoms with Crippen molar-refractivity contribution < 1.29 is 13.2 Å². The van der Waals surface area contributed by atoms with E-state index >= 15 is 0 Å². The highest BCUT2D eigenvalue weighted by Gasteiger charge is 2.30. The van der Waals surface area contributed by atoms with Crippen molar-refractivity contribution in [2.24, 2.45) is 0 Å². The second kappa shape index (κ2) is 5.36. The average molecular weight is 278 g/mol. The summed E-state index contributed by atoms with van der Waals surface area (Å²) < 4.78 is 38.0. The van der Waals surface area contributed by atoms with Crippen molar-refractivity contribution in [1.29, 1.82) is 0 Å². The first-order chi connectivity index (χ1) is 9.40. The van der Waals surface area contributed by atoms with E-state index in [1.807, 2.05) is 6.92 Å². The first kappa shape index (κ1) is 14.1. The van der Waals surface area contributed by atoms with Crippen molar-refractivity contribution in [1.82, 2.24) is 4.98 Å². The summed E-state index contributed by atoms with van der Waals surface area (Å²) in [7, 11) is 0. The smallest absolute Gasteiger partial charge is 0.355 e. The van der Waals surface area contributed by atoms with Crippen LogP contribution in [0.5, 0.6) is 0 Å². The topological polar surface area (TPSA) is 24.9 Å². The van der Waals surface area contributed by atoms with Crippen LogP contribution in [0.2, 0.25) is 0 Å². The predicted octanol–water partition coefficient (Wildman–Crippen LogP) is 4.80. The van der Waals surface area contributed by atoms with Crippen molar-refractivity contribution in [3.8, 4) is 0 Å². The number of hydrogen-bond acceptors (Lipinski definition) is 2. The van der Waals surface area contributed by atoms with Crippen LogP contribution in [0.3, 0.4) is 0 Å². The molecule has 2 rings (SSSR count). The van der Waals surface area contributed by atoms with Gasteiger partial charge in [0.15, 0.2) is 0 Å². The van der Waals surface area contributed by atoms with E-state index in [4.69, 9.17) is 0 Å². The highest BCUT2D eigenvalue weighted by atomic mass is 19.4. The van der Waals surface area contributed by atoms with E-state index in [1.54, 1.807) is 24.4 Å². The number of aryl methyl sites for hydroxylation is 1. The monoisotopic (exact) mass is 278 g/mol. The Labute approximate surface area is 115 Å². The number of rotatable bonds is 3. The molecule has 2 nitrogen and oxygen atoms in total.